The lowest BCUT2D eigenvalue weighted by molar-refractivity contribution is -0.384. The van der Waals surface area contributed by atoms with Gasteiger partial charge in [-0.3, -0.25) is 14.9 Å². The quantitative estimate of drug-likeness (QED) is 0.389. The molecular weight excluding hydrogens is 368 g/mol. The minimum absolute atomic E-state index is 0.0203. The third-order valence-electron chi connectivity index (χ3n) is 5.84. The Hall–Kier alpha value is -3.67. The van der Waals surface area contributed by atoms with Gasteiger partial charge < -0.3 is 9.64 Å². The van der Waals surface area contributed by atoms with Crippen molar-refractivity contribution in [3.05, 3.63) is 106 Å². The number of non-ortho nitro benzene ring substituents is 1. The second-order valence-corrected chi connectivity index (χ2v) is 7.28. The van der Waals surface area contributed by atoms with Crippen molar-refractivity contribution >= 4 is 11.6 Å². The minimum atomic E-state index is -0.795. The van der Waals surface area contributed by atoms with Crippen molar-refractivity contribution in [1.29, 1.82) is 0 Å². The van der Waals surface area contributed by atoms with Gasteiger partial charge in [-0.2, -0.15) is 0 Å². The van der Waals surface area contributed by atoms with Crippen molar-refractivity contribution in [3.63, 3.8) is 0 Å². The molecule has 0 aromatic heterocycles. The molecule has 2 aliphatic rings. The van der Waals surface area contributed by atoms with E-state index in [1.807, 2.05) is 53.4 Å². The summed E-state index contributed by atoms with van der Waals surface area (Å²) < 4.78 is 6.20. The molecule has 0 radical (unpaired) electrons. The number of hydrogen-bond acceptors (Lipinski definition) is 4. The zero-order valence-corrected chi connectivity index (χ0v) is 15.5. The molecule has 29 heavy (non-hydrogen) atoms. The molecule has 1 saturated heterocycles. The number of β-lactam (4-membered cyclic amide) rings is 1. The molecule has 0 spiro atoms. The fourth-order valence-electron chi connectivity index (χ4n) is 4.56. The Morgan fingerprint density at radius 3 is 2.38 bits per heavy atom. The average molecular weight is 386 g/mol. The zero-order chi connectivity index (χ0) is 20.0. The standard InChI is InChI=1S/C23H18N2O4/c26-22-21(29-19-7-2-1-3-8-19)23(17-10-12-18(13-11-17)25(27)28)20-9-5-4-6-16(20)14-15-24(22)23/h1-13,21H,14-15H2. The number of carbonyl (C=O) groups is 1. The predicted octanol–water partition coefficient (Wildman–Crippen LogP) is 3.68. The predicted molar refractivity (Wildman–Crippen MR) is 107 cm³/mol. The van der Waals surface area contributed by atoms with Gasteiger partial charge >= 0.3 is 0 Å². The minimum Gasteiger partial charge on any atom is -0.477 e. The summed E-state index contributed by atoms with van der Waals surface area (Å²) in [5.41, 5.74) is 2.22. The van der Waals surface area contributed by atoms with E-state index in [1.54, 1.807) is 12.1 Å². The number of rotatable bonds is 4. The van der Waals surface area contributed by atoms with Gasteiger partial charge in [0, 0.05) is 18.7 Å². The number of nitro benzene ring substituents is 1. The molecule has 6 nitrogen and oxygen atoms in total. The Kier molecular flexibility index (Phi) is 3.87. The van der Waals surface area contributed by atoms with E-state index < -0.39 is 16.6 Å². The molecule has 0 aliphatic carbocycles. The van der Waals surface area contributed by atoms with Gasteiger partial charge in [0.1, 0.15) is 11.3 Å². The molecule has 0 bridgehead atoms. The van der Waals surface area contributed by atoms with E-state index in [9.17, 15) is 14.9 Å². The summed E-state index contributed by atoms with van der Waals surface area (Å²) in [6, 6.07) is 23.8. The summed E-state index contributed by atoms with van der Waals surface area (Å²) in [7, 11) is 0. The smallest absolute Gasteiger partial charge is 0.269 e. The Balaban J connectivity index is 1.68. The topological polar surface area (TPSA) is 72.7 Å². The first kappa shape index (κ1) is 17.4. The summed E-state index contributed by atoms with van der Waals surface area (Å²) in [6.07, 6.45) is 0.0436. The van der Waals surface area contributed by atoms with Crippen LogP contribution in [0.2, 0.25) is 0 Å². The number of para-hydroxylation sites is 1. The number of nitro groups is 1. The second-order valence-electron chi connectivity index (χ2n) is 7.28. The van der Waals surface area contributed by atoms with Crippen LogP contribution in [0.5, 0.6) is 5.75 Å². The van der Waals surface area contributed by atoms with Crippen LogP contribution in [0, 0.1) is 10.1 Å². The number of hydrogen-bond donors (Lipinski definition) is 0. The lowest BCUT2D eigenvalue weighted by Gasteiger charge is -2.59. The summed E-state index contributed by atoms with van der Waals surface area (Å²) in [4.78, 5) is 25.6. The van der Waals surface area contributed by atoms with Crippen LogP contribution in [0.4, 0.5) is 5.69 Å². The van der Waals surface area contributed by atoms with Crippen molar-refractivity contribution in [1.82, 2.24) is 4.90 Å². The monoisotopic (exact) mass is 386 g/mol. The maximum atomic E-state index is 13.1. The first-order valence-electron chi connectivity index (χ1n) is 9.49. The van der Waals surface area contributed by atoms with Crippen LogP contribution < -0.4 is 4.74 Å². The van der Waals surface area contributed by atoms with E-state index in [0.29, 0.717) is 12.3 Å². The first-order chi connectivity index (χ1) is 14.1. The number of benzene rings is 3. The highest BCUT2D eigenvalue weighted by Gasteiger charge is 2.65. The van der Waals surface area contributed by atoms with Crippen LogP contribution in [0.15, 0.2) is 78.9 Å². The van der Waals surface area contributed by atoms with Gasteiger partial charge in [-0.05, 0) is 47.4 Å². The molecule has 144 valence electrons. The Morgan fingerprint density at radius 2 is 1.66 bits per heavy atom. The molecule has 2 atom stereocenters. The molecule has 5 rings (SSSR count). The van der Waals surface area contributed by atoms with Crippen molar-refractivity contribution in [2.45, 2.75) is 18.1 Å². The number of ether oxygens (including phenoxy) is 1. The SMILES string of the molecule is O=C1C(Oc2ccccc2)C2(c3ccc([N+](=O)[O-])cc3)c3ccccc3CCN12. The molecule has 2 aliphatic heterocycles. The van der Waals surface area contributed by atoms with E-state index in [-0.39, 0.29) is 11.6 Å². The maximum Gasteiger partial charge on any atom is 0.269 e. The van der Waals surface area contributed by atoms with E-state index in [1.165, 1.54) is 12.1 Å². The van der Waals surface area contributed by atoms with Gasteiger partial charge in [-0.1, -0.05) is 42.5 Å². The maximum absolute atomic E-state index is 13.1. The van der Waals surface area contributed by atoms with Crippen LogP contribution in [-0.2, 0) is 16.8 Å². The van der Waals surface area contributed by atoms with Gasteiger partial charge in [-0.15, -0.1) is 0 Å². The molecule has 6 heteroatoms. The van der Waals surface area contributed by atoms with Gasteiger partial charge in [0.15, 0.2) is 0 Å². The van der Waals surface area contributed by atoms with Crippen LogP contribution in [0.1, 0.15) is 16.7 Å². The molecule has 2 unspecified atom stereocenters. The molecule has 1 fully saturated rings. The van der Waals surface area contributed by atoms with E-state index in [4.69, 9.17) is 4.74 Å². The molecule has 0 saturated carbocycles. The lowest BCUT2D eigenvalue weighted by Crippen LogP contribution is -2.76. The lowest BCUT2D eigenvalue weighted by atomic mass is 9.66. The Labute approximate surface area is 167 Å². The molecule has 3 aromatic carbocycles. The van der Waals surface area contributed by atoms with Crippen molar-refractivity contribution < 1.29 is 14.5 Å². The highest BCUT2D eigenvalue weighted by Crippen LogP contribution is 2.52. The average Bonchev–Trinajstić information content (AvgIpc) is 2.77. The van der Waals surface area contributed by atoms with Crippen LogP contribution in [-0.4, -0.2) is 28.4 Å². The third kappa shape index (κ3) is 2.45. The second kappa shape index (κ2) is 6.44. The fraction of sp³-hybridized carbons (Fsp3) is 0.174. The van der Waals surface area contributed by atoms with Crippen LogP contribution in [0.25, 0.3) is 0 Å². The normalized spacial score (nSPS) is 22.3. The van der Waals surface area contributed by atoms with E-state index >= 15 is 0 Å². The first-order valence-corrected chi connectivity index (χ1v) is 9.49. The molecule has 2 heterocycles. The highest BCUT2D eigenvalue weighted by atomic mass is 16.6. The van der Waals surface area contributed by atoms with Gasteiger partial charge in [0.05, 0.1) is 4.92 Å². The number of amides is 1. The highest BCUT2D eigenvalue weighted by molar-refractivity contribution is 5.94. The van der Waals surface area contributed by atoms with Crippen LogP contribution in [0.3, 0.4) is 0 Å². The van der Waals surface area contributed by atoms with E-state index in [0.717, 1.165) is 23.1 Å². The third-order valence-corrected chi connectivity index (χ3v) is 5.84. The molecule has 3 aromatic rings. The number of carbonyl (C=O) groups excluding carboxylic acids is 1. The number of fused-ring (bicyclic) bond motifs is 3. The largest absolute Gasteiger partial charge is 0.477 e. The summed E-state index contributed by atoms with van der Waals surface area (Å²) in [5.74, 6) is 0.552. The van der Waals surface area contributed by atoms with Crippen molar-refractivity contribution in [3.8, 4) is 5.75 Å². The molecule has 1 amide bonds. The van der Waals surface area contributed by atoms with Crippen molar-refractivity contribution in [2.75, 3.05) is 6.54 Å². The summed E-state index contributed by atoms with van der Waals surface area (Å²) in [6.45, 7) is 0.585. The van der Waals surface area contributed by atoms with Gasteiger partial charge in [0.2, 0.25) is 6.10 Å². The molecular formula is C23H18N2O4. The Bertz CT molecular complexity index is 1100. The van der Waals surface area contributed by atoms with E-state index in [2.05, 4.69) is 6.07 Å². The summed E-state index contributed by atoms with van der Waals surface area (Å²) >= 11 is 0. The summed E-state index contributed by atoms with van der Waals surface area (Å²) in [5, 5.41) is 11.1. The molecule has 0 N–H and O–H groups in total. The van der Waals surface area contributed by atoms with Crippen molar-refractivity contribution in [2.24, 2.45) is 0 Å². The fourth-order valence-corrected chi connectivity index (χ4v) is 4.56. The number of nitrogens with zero attached hydrogens (tertiary/aromatic N) is 2. The van der Waals surface area contributed by atoms with Crippen LogP contribution >= 0.6 is 0 Å². The Morgan fingerprint density at radius 1 is 0.966 bits per heavy atom. The van der Waals surface area contributed by atoms with Gasteiger partial charge in [-0.25, -0.2) is 0 Å². The van der Waals surface area contributed by atoms with Gasteiger partial charge in [0.25, 0.3) is 11.6 Å². The zero-order valence-electron chi connectivity index (χ0n) is 15.5.